The first-order valence-electron chi connectivity index (χ1n) is 7.70. The van der Waals surface area contributed by atoms with E-state index in [1.54, 1.807) is 0 Å². The molecular weight excluding hydrogens is 242 g/mol. The highest BCUT2D eigenvalue weighted by Gasteiger charge is 2.54. The number of aliphatic carboxylic acids is 1. The molecule has 4 nitrogen and oxygen atoms in total. The van der Waals surface area contributed by atoms with Crippen LogP contribution < -0.4 is 0 Å². The molecule has 106 valence electrons. The van der Waals surface area contributed by atoms with Gasteiger partial charge in [0, 0.05) is 13.1 Å². The first kappa shape index (κ1) is 12.9. The second-order valence-corrected chi connectivity index (χ2v) is 6.46. The van der Waals surface area contributed by atoms with Crippen molar-refractivity contribution < 1.29 is 14.7 Å². The maximum absolute atomic E-state index is 12.7. The first-order valence-corrected chi connectivity index (χ1v) is 7.70. The molecular formula is C15H23NO3. The monoisotopic (exact) mass is 265 g/mol. The van der Waals surface area contributed by atoms with Gasteiger partial charge in [-0.2, -0.15) is 0 Å². The molecule has 2 aliphatic carbocycles. The van der Waals surface area contributed by atoms with E-state index >= 15 is 0 Å². The Morgan fingerprint density at radius 2 is 1.47 bits per heavy atom. The van der Waals surface area contributed by atoms with Gasteiger partial charge in [0.1, 0.15) is 0 Å². The summed E-state index contributed by atoms with van der Waals surface area (Å²) >= 11 is 0. The molecule has 1 heterocycles. The highest BCUT2D eigenvalue weighted by Crippen LogP contribution is 2.53. The van der Waals surface area contributed by atoms with E-state index in [2.05, 4.69) is 0 Å². The molecule has 2 saturated carbocycles. The zero-order valence-electron chi connectivity index (χ0n) is 11.4. The lowest BCUT2D eigenvalue weighted by Gasteiger charge is -2.32. The molecule has 0 aromatic rings. The molecule has 0 aromatic carbocycles. The van der Waals surface area contributed by atoms with Gasteiger partial charge in [0.2, 0.25) is 5.91 Å². The zero-order valence-corrected chi connectivity index (χ0v) is 11.4. The van der Waals surface area contributed by atoms with E-state index in [0.717, 1.165) is 45.2 Å². The minimum atomic E-state index is -0.750. The number of carbonyl (C=O) groups is 2. The van der Waals surface area contributed by atoms with Gasteiger partial charge in [0.05, 0.1) is 11.8 Å². The topological polar surface area (TPSA) is 57.6 Å². The number of carboxylic acids is 1. The molecule has 3 aliphatic rings. The van der Waals surface area contributed by atoms with Gasteiger partial charge in [-0.25, -0.2) is 0 Å². The summed E-state index contributed by atoms with van der Waals surface area (Å²) < 4.78 is 0. The van der Waals surface area contributed by atoms with E-state index in [-0.39, 0.29) is 17.7 Å². The van der Waals surface area contributed by atoms with Crippen molar-refractivity contribution in [1.82, 2.24) is 4.90 Å². The van der Waals surface area contributed by atoms with Crippen LogP contribution in [0, 0.1) is 23.7 Å². The molecule has 0 aromatic heterocycles. The van der Waals surface area contributed by atoms with E-state index in [1.165, 1.54) is 12.8 Å². The number of carboxylic acid groups (broad SMARTS) is 1. The predicted octanol–water partition coefficient (Wildman–Crippen LogP) is 2.14. The largest absolute Gasteiger partial charge is 0.481 e. The maximum atomic E-state index is 12.7. The Balaban J connectivity index is 1.76. The van der Waals surface area contributed by atoms with Crippen molar-refractivity contribution in [3.05, 3.63) is 0 Å². The van der Waals surface area contributed by atoms with Crippen LogP contribution in [0.25, 0.3) is 0 Å². The van der Waals surface area contributed by atoms with Crippen LogP contribution in [0.1, 0.15) is 44.9 Å². The summed E-state index contributed by atoms with van der Waals surface area (Å²) in [5.74, 6) is -0.656. The average molecular weight is 265 g/mol. The molecule has 1 aliphatic heterocycles. The molecule has 19 heavy (non-hydrogen) atoms. The minimum Gasteiger partial charge on any atom is -0.481 e. The van der Waals surface area contributed by atoms with Gasteiger partial charge >= 0.3 is 5.97 Å². The van der Waals surface area contributed by atoms with Crippen LogP contribution >= 0.6 is 0 Å². The number of hydrogen-bond donors (Lipinski definition) is 1. The fourth-order valence-corrected chi connectivity index (χ4v) is 4.50. The molecule has 3 rings (SSSR count). The molecule has 0 unspecified atom stereocenters. The molecule has 3 fully saturated rings. The van der Waals surface area contributed by atoms with E-state index in [4.69, 9.17) is 0 Å². The van der Waals surface area contributed by atoms with Crippen LogP contribution in [0.4, 0.5) is 0 Å². The number of amides is 1. The number of nitrogens with zero attached hydrogens (tertiary/aromatic N) is 1. The van der Waals surface area contributed by atoms with Gasteiger partial charge in [-0.15, -0.1) is 0 Å². The Kier molecular flexibility index (Phi) is 3.50. The van der Waals surface area contributed by atoms with Gasteiger partial charge in [-0.05, 0) is 43.9 Å². The minimum absolute atomic E-state index is 0.140. The Labute approximate surface area is 114 Å². The van der Waals surface area contributed by atoms with Crippen molar-refractivity contribution in [2.24, 2.45) is 23.7 Å². The van der Waals surface area contributed by atoms with Crippen molar-refractivity contribution in [3.63, 3.8) is 0 Å². The Morgan fingerprint density at radius 3 is 2.05 bits per heavy atom. The number of carbonyl (C=O) groups excluding carboxylic acids is 1. The summed E-state index contributed by atoms with van der Waals surface area (Å²) in [7, 11) is 0. The highest BCUT2D eigenvalue weighted by molar-refractivity contribution is 5.86. The number of hydrogen-bond acceptors (Lipinski definition) is 2. The molecule has 1 N–H and O–H groups in total. The number of likely N-dealkylation sites (tertiary alicyclic amines) is 1. The van der Waals surface area contributed by atoms with Crippen LogP contribution in [-0.2, 0) is 9.59 Å². The normalized spacial score (nSPS) is 38.2. The van der Waals surface area contributed by atoms with Crippen LogP contribution in [0.3, 0.4) is 0 Å². The quantitative estimate of drug-likeness (QED) is 0.832. The van der Waals surface area contributed by atoms with Gasteiger partial charge < -0.3 is 10.0 Å². The lowest BCUT2D eigenvalue weighted by molar-refractivity contribution is -0.152. The SMILES string of the molecule is O=C(O)[C@@H]1[C@@H]2CC[C@@H](C2)[C@@H]1C(=O)N1CCCCCC1. The second kappa shape index (κ2) is 5.14. The third-order valence-corrected chi connectivity index (χ3v) is 5.40. The van der Waals surface area contributed by atoms with Crippen LogP contribution in [0.5, 0.6) is 0 Å². The fraction of sp³-hybridized carbons (Fsp3) is 0.867. The Hall–Kier alpha value is -1.06. The van der Waals surface area contributed by atoms with E-state index in [9.17, 15) is 14.7 Å². The summed E-state index contributed by atoms with van der Waals surface area (Å²) in [6.45, 7) is 1.66. The average Bonchev–Trinajstić information content (AvgIpc) is 2.89. The second-order valence-electron chi connectivity index (χ2n) is 6.46. The van der Waals surface area contributed by atoms with Gasteiger partial charge in [-0.3, -0.25) is 9.59 Å². The molecule has 1 saturated heterocycles. The molecule has 4 atom stereocenters. The van der Waals surface area contributed by atoms with Gasteiger partial charge in [-0.1, -0.05) is 12.8 Å². The molecule has 2 bridgehead atoms. The van der Waals surface area contributed by atoms with Gasteiger partial charge in [0.15, 0.2) is 0 Å². The van der Waals surface area contributed by atoms with Crippen LogP contribution in [0.2, 0.25) is 0 Å². The maximum Gasteiger partial charge on any atom is 0.307 e. The van der Waals surface area contributed by atoms with Crippen molar-refractivity contribution in [2.45, 2.75) is 44.9 Å². The van der Waals surface area contributed by atoms with E-state index in [1.807, 2.05) is 4.90 Å². The lowest BCUT2D eigenvalue weighted by atomic mass is 9.78. The summed E-state index contributed by atoms with van der Waals surface area (Å²) in [4.78, 5) is 26.2. The van der Waals surface area contributed by atoms with Crippen molar-refractivity contribution >= 4 is 11.9 Å². The number of fused-ring (bicyclic) bond motifs is 2. The van der Waals surface area contributed by atoms with E-state index in [0.29, 0.717) is 5.92 Å². The Morgan fingerprint density at radius 1 is 0.895 bits per heavy atom. The van der Waals surface area contributed by atoms with Crippen molar-refractivity contribution in [1.29, 1.82) is 0 Å². The number of rotatable bonds is 2. The standard InChI is InChI=1S/C15H23NO3/c17-14(16-7-3-1-2-4-8-16)12-10-5-6-11(9-10)13(12)15(18)19/h10-13H,1-9H2,(H,18,19)/t10-,11+,12-,13+/m0/s1. The zero-order chi connectivity index (χ0) is 13.4. The molecule has 0 radical (unpaired) electrons. The van der Waals surface area contributed by atoms with Gasteiger partial charge in [0.25, 0.3) is 0 Å². The molecule has 1 amide bonds. The first-order chi connectivity index (χ1) is 9.18. The summed E-state index contributed by atoms with van der Waals surface area (Å²) in [5.41, 5.74) is 0. The van der Waals surface area contributed by atoms with Crippen LogP contribution in [-0.4, -0.2) is 35.0 Å². The third kappa shape index (κ3) is 2.26. The predicted molar refractivity (Wildman–Crippen MR) is 70.5 cm³/mol. The van der Waals surface area contributed by atoms with Crippen molar-refractivity contribution in [2.75, 3.05) is 13.1 Å². The fourth-order valence-electron chi connectivity index (χ4n) is 4.50. The Bertz CT molecular complexity index is 374. The molecule has 4 heteroatoms. The highest BCUT2D eigenvalue weighted by atomic mass is 16.4. The lowest BCUT2D eigenvalue weighted by Crippen LogP contribution is -2.44. The molecule has 0 spiro atoms. The summed E-state index contributed by atoms with van der Waals surface area (Å²) in [6, 6.07) is 0. The summed E-state index contributed by atoms with van der Waals surface area (Å²) in [5, 5.41) is 9.44. The van der Waals surface area contributed by atoms with Crippen molar-refractivity contribution in [3.8, 4) is 0 Å². The van der Waals surface area contributed by atoms with E-state index < -0.39 is 11.9 Å². The summed E-state index contributed by atoms with van der Waals surface area (Å²) in [6.07, 6.45) is 7.56. The van der Waals surface area contributed by atoms with Crippen LogP contribution in [0.15, 0.2) is 0 Å². The third-order valence-electron chi connectivity index (χ3n) is 5.40. The smallest absolute Gasteiger partial charge is 0.307 e.